The summed E-state index contributed by atoms with van der Waals surface area (Å²) >= 11 is 11.7. The quantitative estimate of drug-likeness (QED) is 0.890. The Morgan fingerprint density at radius 3 is 2.61 bits per heavy atom. The van der Waals surface area contributed by atoms with Crippen molar-refractivity contribution in [1.29, 1.82) is 0 Å². The number of amides is 1. The van der Waals surface area contributed by atoms with E-state index < -0.39 is 0 Å². The lowest BCUT2D eigenvalue weighted by molar-refractivity contribution is -0.120. The Morgan fingerprint density at radius 2 is 1.94 bits per heavy atom. The molecule has 0 saturated heterocycles. The van der Waals surface area contributed by atoms with Crippen LogP contribution < -0.4 is 10.6 Å². The molecule has 1 saturated carbocycles. The highest BCUT2D eigenvalue weighted by molar-refractivity contribution is 6.42. The zero-order valence-corrected chi connectivity index (χ0v) is 11.5. The molecule has 1 aliphatic carbocycles. The van der Waals surface area contributed by atoms with Crippen molar-refractivity contribution in [2.45, 2.75) is 31.7 Å². The molecular weight excluding hydrogens is 271 g/mol. The van der Waals surface area contributed by atoms with Crippen molar-refractivity contribution in [2.75, 3.05) is 11.9 Å². The van der Waals surface area contributed by atoms with Gasteiger partial charge in [-0.15, -0.1) is 0 Å². The van der Waals surface area contributed by atoms with Crippen molar-refractivity contribution in [1.82, 2.24) is 5.32 Å². The average Bonchev–Trinajstić information content (AvgIpc) is 2.83. The van der Waals surface area contributed by atoms with Crippen LogP contribution in [-0.2, 0) is 4.79 Å². The van der Waals surface area contributed by atoms with E-state index in [1.165, 1.54) is 12.8 Å². The predicted octanol–water partition coefficient (Wildman–Crippen LogP) is 3.46. The van der Waals surface area contributed by atoms with Gasteiger partial charge in [0.25, 0.3) is 0 Å². The SMILES string of the molecule is O=C(CNc1ccc(Cl)c(Cl)c1)NC1CCCC1. The van der Waals surface area contributed by atoms with Crippen LogP contribution in [0.1, 0.15) is 25.7 Å². The maximum absolute atomic E-state index is 11.7. The standard InChI is InChI=1S/C13H16Cl2N2O/c14-11-6-5-10(7-12(11)15)16-8-13(18)17-9-3-1-2-4-9/h5-7,9,16H,1-4,8H2,(H,17,18). The van der Waals surface area contributed by atoms with Crippen LogP contribution in [-0.4, -0.2) is 18.5 Å². The molecule has 0 spiro atoms. The molecule has 1 aromatic rings. The van der Waals surface area contributed by atoms with Crippen LogP contribution in [0.4, 0.5) is 5.69 Å². The molecule has 5 heteroatoms. The fourth-order valence-corrected chi connectivity index (χ4v) is 2.44. The number of rotatable bonds is 4. The first-order valence-electron chi connectivity index (χ1n) is 6.13. The summed E-state index contributed by atoms with van der Waals surface area (Å²) in [5.41, 5.74) is 0.797. The number of hydrogen-bond donors (Lipinski definition) is 2. The largest absolute Gasteiger partial charge is 0.376 e. The molecule has 0 bridgehead atoms. The molecule has 0 heterocycles. The lowest BCUT2D eigenvalue weighted by Gasteiger charge is -2.13. The number of anilines is 1. The predicted molar refractivity (Wildman–Crippen MR) is 75.4 cm³/mol. The van der Waals surface area contributed by atoms with Gasteiger partial charge in [0.05, 0.1) is 16.6 Å². The van der Waals surface area contributed by atoms with Crippen LogP contribution >= 0.6 is 23.2 Å². The lowest BCUT2D eigenvalue weighted by Crippen LogP contribution is -2.36. The Labute approximate surface area is 117 Å². The van der Waals surface area contributed by atoms with Gasteiger partial charge in [-0.1, -0.05) is 36.0 Å². The third kappa shape index (κ3) is 3.79. The van der Waals surface area contributed by atoms with E-state index in [2.05, 4.69) is 10.6 Å². The molecule has 1 aromatic carbocycles. The van der Waals surface area contributed by atoms with E-state index in [9.17, 15) is 4.79 Å². The summed E-state index contributed by atoms with van der Waals surface area (Å²) in [6, 6.07) is 5.58. The van der Waals surface area contributed by atoms with E-state index in [1.807, 2.05) is 0 Å². The summed E-state index contributed by atoms with van der Waals surface area (Å²) in [4.78, 5) is 11.7. The normalized spacial score (nSPS) is 15.7. The minimum atomic E-state index is 0.0213. The Kier molecular flexibility index (Phi) is 4.72. The second kappa shape index (κ2) is 6.30. The average molecular weight is 287 g/mol. The molecule has 3 nitrogen and oxygen atoms in total. The number of carbonyl (C=O) groups excluding carboxylic acids is 1. The Morgan fingerprint density at radius 1 is 1.22 bits per heavy atom. The van der Waals surface area contributed by atoms with Gasteiger partial charge in [-0.25, -0.2) is 0 Å². The van der Waals surface area contributed by atoms with Crippen LogP contribution in [0.2, 0.25) is 10.0 Å². The van der Waals surface area contributed by atoms with Crippen LogP contribution in [0.5, 0.6) is 0 Å². The highest BCUT2D eigenvalue weighted by atomic mass is 35.5. The first-order valence-corrected chi connectivity index (χ1v) is 6.89. The lowest BCUT2D eigenvalue weighted by atomic mass is 10.2. The highest BCUT2D eigenvalue weighted by Gasteiger charge is 2.16. The maximum Gasteiger partial charge on any atom is 0.239 e. The molecule has 98 valence electrons. The van der Waals surface area contributed by atoms with E-state index in [1.54, 1.807) is 18.2 Å². The van der Waals surface area contributed by atoms with Gasteiger partial charge in [0.15, 0.2) is 0 Å². The molecule has 0 radical (unpaired) electrons. The molecule has 2 N–H and O–H groups in total. The fourth-order valence-electron chi connectivity index (χ4n) is 2.14. The van der Waals surface area contributed by atoms with Gasteiger partial charge in [-0.2, -0.15) is 0 Å². The molecule has 1 fully saturated rings. The number of hydrogen-bond acceptors (Lipinski definition) is 2. The van der Waals surface area contributed by atoms with Crippen molar-refractivity contribution in [2.24, 2.45) is 0 Å². The van der Waals surface area contributed by atoms with Crippen molar-refractivity contribution in [3.05, 3.63) is 28.2 Å². The summed E-state index contributed by atoms with van der Waals surface area (Å²) in [6.45, 7) is 0.258. The topological polar surface area (TPSA) is 41.1 Å². The molecule has 1 amide bonds. The molecule has 0 unspecified atom stereocenters. The van der Waals surface area contributed by atoms with E-state index in [4.69, 9.17) is 23.2 Å². The summed E-state index contributed by atoms with van der Waals surface area (Å²) in [7, 11) is 0. The molecule has 0 aromatic heterocycles. The van der Waals surface area contributed by atoms with Gasteiger partial charge in [-0.3, -0.25) is 4.79 Å². The fraction of sp³-hybridized carbons (Fsp3) is 0.462. The van der Waals surface area contributed by atoms with Gasteiger partial charge < -0.3 is 10.6 Å². The van der Waals surface area contributed by atoms with Crippen molar-refractivity contribution in [3.8, 4) is 0 Å². The van der Waals surface area contributed by atoms with Gasteiger partial charge in [0, 0.05) is 11.7 Å². The molecule has 0 aliphatic heterocycles. The van der Waals surface area contributed by atoms with E-state index >= 15 is 0 Å². The van der Waals surface area contributed by atoms with E-state index in [0.29, 0.717) is 16.1 Å². The third-order valence-electron chi connectivity index (χ3n) is 3.09. The maximum atomic E-state index is 11.7. The zero-order valence-electron chi connectivity index (χ0n) is 10.0. The smallest absolute Gasteiger partial charge is 0.239 e. The molecule has 1 aliphatic rings. The highest BCUT2D eigenvalue weighted by Crippen LogP contribution is 2.24. The second-order valence-corrected chi connectivity index (χ2v) is 5.35. The van der Waals surface area contributed by atoms with Gasteiger partial charge in [0.1, 0.15) is 0 Å². The number of carbonyl (C=O) groups is 1. The van der Waals surface area contributed by atoms with Crippen molar-refractivity contribution >= 4 is 34.8 Å². The summed E-state index contributed by atoms with van der Waals surface area (Å²) < 4.78 is 0. The summed E-state index contributed by atoms with van der Waals surface area (Å²) in [5.74, 6) is 0.0213. The van der Waals surface area contributed by atoms with Crippen molar-refractivity contribution < 1.29 is 4.79 Å². The van der Waals surface area contributed by atoms with Crippen LogP contribution in [0.25, 0.3) is 0 Å². The minimum Gasteiger partial charge on any atom is -0.376 e. The Balaban J connectivity index is 1.79. The molecular formula is C13H16Cl2N2O. The molecule has 18 heavy (non-hydrogen) atoms. The number of halogens is 2. The minimum absolute atomic E-state index is 0.0213. The molecule has 2 rings (SSSR count). The first-order chi connectivity index (χ1) is 8.65. The van der Waals surface area contributed by atoms with Crippen LogP contribution in [0, 0.1) is 0 Å². The van der Waals surface area contributed by atoms with Gasteiger partial charge >= 0.3 is 0 Å². The second-order valence-electron chi connectivity index (χ2n) is 4.53. The Bertz CT molecular complexity index is 431. The van der Waals surface area contributed by atoms with Crippen LogP contribution in [0.15, 0.2) is 18.2 Å². The van der Waals surface area contributed by atoms with Crippen LogP contribution in [0.3, 0.4) is 0 Å². The number of nitrogens with one attached hydrogen (secondary N) is 2. The molecule has 0 atom stereocenters. The van der Waals surface area contributed by atoms with Gasteiger partial charge in [0.2, 0.25) is 5.91 Å². The summed E-state index contributed by atoms with van der Waals surface area (Å²) in [6.07, 6.45) is 4.62. The zero-order chi connectivity index (χ0) is 13.0. The van der Waals surface area contributed by atoms with E-state index in [-0.39, 0.29) is 12.5 Å². The summed E-state index contributed by atoms with van der Waals surface area (Å²) in [5, 5.41) is 7.04. The monoisotopic (exact) mass is 286 g/mol. The third-order valence-corrected chi connectivity index (χ3v) is 3.83. The Hall–Kier alpha value is -0.930. The number of benzene rings is 1. The van der Waals surface area contributed by atoms with Crippen molar-refractivity contribution in [3.63, 3.8) is 0 Å². The first kappa shape index (κ1) is 13.5. The van der Waals surface area contributed by atoms with Gasteiger partial charge in [-0.05, 0) is 31.0 Å². The van der Waals surface area contributed by atoms with E-state index in [0.717, 1.165) is 18.5 Å².